The first kappa shape index (κ1) is 31.5. The molecule has 0 aliphatic rings. The van der Waals surface area contributed by atoms with Crippen LogP contribution in [0.1, 0.15) is 26.3 Å². The number of nitro groups is 1. The van der Waals surface area contributed by atoms with Crippen molar-refractivity contribution in [1.29, 1.82) is 0 Å². The molecule has 0 bridgehead atoms. The minimum absolute atomic E-state index is 0. The monoisotopic (exact) mass is 616 g/mol. The number of pyridine rings is 2. The first-order valence-electron chi connectivity index (χ1n) is 10.8. The van der Waals surface area contributed by atoms with Gasteiger partial charge >= 0.3 is 0 Å². The van der Waals surface area contributed by atoms with Gasteiger partial charge in [-0.15, -0.1) is 0 Å². The molecule has 0 aliphatic heterocycles. The number of anilines is 1. The van der Waals surface area contributed by atoms with Crippen molar-refractivity contribution >= 4 is 21.4 Å². The normalized spacial score (nSPS) is 10.6. The minimum atomic E-state index is -3.95. The maximum absolute atomic E-state index is 12.9. The van der Waals surface area contributed by atoms with Crippen LogP contribution in [0.5, 0.6) is 0 Å². The van der Waals surface area contributed by atoms with E-state index in [9.17, 15) is 18.5 Å². The SMILES string of the molecule is CC(C)(C)c1ccc(-c2ccccn2)c(NS(=O)(=O)c2ccc([N+](=O)[O-])cc2)c1.F.[Pd].c1ccncc1. The number of nitrogens with zero attached hydrogens (tertiary/aromatic N) is 3. The van der Waals surface area contributed by atoms with Gasteiger partial charge in [-0.1, -0.05) is 45.0 Å². The van der Waals surface area contributed by atoms with E-state index in [2.05, 4.69) is 14.7 Å². The molecule has 37 heavy (non-hydrogen) atoms. The molecule has 0 spiro atoms. The third kappa shape index (κ3) is 8.82. The van der Waals surface area contributed by atoms with E-state index in [-0.39, 0.29) is 41.1 Å². The Morgan fingerprint density at radius 2 is 1.49 bits per heavy atom. The zero-order valence-corrected chi connectivity index (χ0v) is 22.7. The van der Waals surface area contributed by atoms with Gasteiger partial charge in [-0.05, 0) is 53.4 Å². The fourth-order valence-electron chi connectivity index (χ4n) is 3.10. The standard InChI is InChI=1S/C21H21N3O4S.C5H5N.FH.Pd/c1-21(2,3)15-7-12-18(19-6-4-5-13-22-19)20(14-15)23-29(27,28)17-10-8-16(9-11-17)24(25)26;1-2-4-6-5-3-1;;/h4-14,23H,1-3H3;1-5H;1H;. The van der Waals surface area contributed by atoms with Crippen molar-refractivity contribution in [2.24, 2.45) is 0 Å². The summed E-state index contributed by atoms with van der Waals surface area (Å²) in [7, 11) is -3.95. The molecular weight excluding hydrogens is 590 g/mol. The number of aromatic nitrogens is 2. The molecule has 11 heteroatoms. The van der Waals surface area contributed by atoms with Gasteiger partial charge in [-0.3, -0.25) is 29.5 Å². The number of sulfonamides is 1. The second-order valence-electron chi connectivity index (χ2n) is 8.61. The molecule has 2 aromatic carbocycles. The molecule has 0 radical (unpaired) electrons. The zero-order valence-electron chi connectivity index (χ0n) is 20.3. The molecule has 0 atom stereocenters. The third-order valence-electron chi connectivity index (χ3n) is 5.00. The first-order valence-corrected chi connectivity index (χ1v) is 12.2. The summed E-state index contributed by atoms with van der Waals surface area (Å²) in [4.78, 5) is 18.3. The fourth-order valence-corrected chi connectivity index (χ4v) is 4.17. The Balaban J connectivity index is 0.000000753. The predicted octanol–water partition coefficient (Wildman–Crippen LogP) is 5.99. The second kappa shape index (κ2) is 13.7. The van der Waals surface area contributed by atoms with Crippen LogP contribution in [0.15, 0.2) is 102 Å². The number of rotatable bonds is 5. The maximum atomic E-state index is 12.9. The van der Waals surface area contributed by atoms with Crippen LogP contribution in [-0.2, 0) is 35.9 Å². The first-order chi connectivity index (χ1) is 16.6. The molecule has 4 rings (SSSR count). The smallest absolute Gasteiger partial charge is 0.269 e. The van der Waals surface area contributed by atoms with Crippen molar-refractivity contribution in [3.05, 3.63) is 113 Å². The van der Waals surface area contributed by atoms with Crippen LogP contribution in [0.4, 0.5) is 16.1 Å². The van der Waals surface area contributed by atoms with Gasteiger partial charge in [0.15, 0.2) is 0 Å². The van der Waals surface area contributed by atoms with Crippen molar-refractivity contribution in [1.82, 2.24) is 9.97 Å². The van der Waals surface area contributed by atoms with Crippen molar-refractivity contribution in [3.8, 4) is 11.3 Å². The zero-order chi connectivity index (χ0) is 25.5. The van der Waals surface area contributed by atoms with E-state index in [1.807, 2.05) is 57.2 Å². The number of hydrogen-bond acceptors (Lipinski definition) is 6. The van der Waals surface area contributed by atoms with Gasteiger partial charge in [0.2, 0.25) is 0 Å². The Kier molecular flexibility index (Phi) is 11.7. The summed E-state index contributed by atoms with van der Waals surface area (Å²) in [5.41, 5.74) is 2.27. The maximum Gasteiger partial charge on any atom is 0.269 e. The van der Waals surface area contributed by atoms with Crippen LogP contribution in [0.2, 0.25) is 0 Å². The van der Waals surface area contributed by atoms with Crippen molar-refractivity contribution in [2.45, 2.75) is 31.1 Å². The Hall–Kier alpha value is -3.52. The van der Waals surface area contributed by atoms with E-state index >= 15 is 0 Å². The minimum Gasteiger partial charge on any atom is -0.279 e. The van der Waals surface area contributed by atoms with Crippen molar-refractivity contribution in [3.63, 3.8) is 0 Å². The topological polar surface area (TPSA) is 115 Å². The van der Waals surface area contributed by atoms with E-state index in [0.29, 0.717) is 16.9 Å². The molecule has 0 unspecified atom stereocenters. The van der Waals surface area contributed by atoms with Gasteiger partial charge < -0.3 is 0 Å². The summed E-state index contributed by atoms with van der Waals surface area (Å²) < 4.78 is 28.5. The average molecular weight is 617 g/mol. The molecule has 4 aromatic rings. The van der Waals surface area contributed by atoms with Crippen molar-refractivity contribution < 1.29 is 38.5 Å². The van der Waals surface area contributed by atoms with E-state index in [1.54, 1.807) is 36.8 Å². The molecule has 0 amide bonds. The Bertz CT molecular complexity index is 1360. The Morgan fingerprint density at radius 1 is 0.865 bits per heavy atom. The van der Waals surface area contributed by atoms with Crippen LogP contribution in [0.25, 0.3) is 11.3 Å². The molecule has 0 saturated heterocycles. The van der Waals surface area contributed by atoms with Crippen LogP contribution in [-0.4, -0.2) is 23.3 Å². The molecule has 1 N–H and O–H groups in total. The third-order valence-corrected chi connectivity index (χ3v) is 6.38. The van der Waals surface area contributed by atoms with Gasteiger partial charge in [0.25, 0.3) is 15.7 Å². The van der Waals surface area contributed by atoms with Gasteiger partial charge in [0.05, 0.1) is 21.2 Å². The molecule has 0 fully saturated rings. The van der Waals surface area contributed by atoms with Crippen LogP contribution < -0.4 is 4.72 Å². The van der Waals surface area contributed by atoms with E-state index < -0.39 is 14.9 Å². The number of hydrogen-bond donors (Lipinski definition) is 1. The number of benzene rings is 2. The average Bonchev–Trinajstić information content (AvgIpc) is 2.85. The molecular formula is C26H27FN4O4PdS. The fraction of sp³-hybridized carbons (Fsp3) is 0.154. The van der Waals surface area contributed by atoms with E-state index in [4.69, 9.17) is 0 Å². The number of nitrogens with one attached hydrogen (secondary N) is 1. The van der Waals surface area contributed by atoms with Crippen LogP contribution in [0.3, 0.4) is 0 Å². The summed E-state index contributed by atoms with van der Waals surface area (Å²) in [6, 6.07) is 21.5. The van der Waals surface area contributed by atoms with Gasteiger partial charge in [0.1, 0.15) is 0 Å². The summed E-state index contributed by atoms with van der Waals surface area (Å²) >= 11 is 0. The van der Waals surface area contributed by atoms with E-state index in [0.717, 1.165) is 5.56 Å². The Morgan fingerprint density at radius 3 is 1.95 bits per heavy atom. The number of halogens is 1. The predicted molar refractivity (Wildman–Crippen MR) is 139 cm³/mol. The number of nitro benzene ring substituents is 1. The van der Waals surface area contributed by atoms with E-state index in [1.165, 1.54) is 24.3 Å². The summed E-state index contributed by atoms with van der Waals surface area (Å²) in [5, 5.41) is 10.8. The molecule has 0 saturated carbocycles. The van der Waals surface area contributed by atoms with Gasteiger partial charge in [-0.2, -0.15) is 0 Å². The molecule has 8 nitrogen and oxygen atoms in total. The van der Waals surface area contributed by atoms with Crippen LogP contribution >= 0.6 is 0 Å². The summed E-state index contributed by atoms with van der Waals surface area (Å²) in [6.45, 7) is 6.12. The molecule has 198 valence electrons. The second-order valence-corrected chi connectivity index (χ2v) is 10.3. The van der Waals surface area contributed by atoms with Crippen LogP contribution in [0, 0.1) is 10.1 Å². The molecule has 0 aliphatic carbocycles. The van der Waals surface area contributed by atoms with Gasteiger partial charge in [-0.25, -0.2) is 8.42 Å². The quantitative estimate of drug-likeness (QED) is 0.167. The van der Waals surface area contributed by atoms with Gasteiger partial charge in [0, 0.05) is 56.7 Å². The van der Waals surface area contributed by atoms with Crippen molar-refractivity contribution in [2.75, 3.05) is 4.72 Å². The molecule has 2 aromatic heterocycles. The molecule has 2 heterocycles. The Labute approximate surface area is 229 Å². The summed E-state index contributed by atoms with van der Waals surface area (Å²) in [5.74, 6) is 0. The largest absolute Gasteiger partial charge is 0.279 e. The summed E-state index contributed by atoms with van der Waals surface area (Å²) in [6.07, 6.45) is 5.14. The number of non-ortho nitro benzene ring substituents is 1.